The first-order chi connectivity index (χ1) is 19.3. The molecule has 0 saturated carbocycles. The minimum absolute atomic E-state index is 0.298. The molecule has 5 N–H and O–H groups in total. The number of carbonyl (C=O) groups excluding carboxylic acids is 2. The monoisotopic (exact) mass is 573 g/mol. The van der Waals surface area contributed by atoms with Gasteiger partial charge in [-0.2, -0.15) is 0 Å². The minimum Gasteiger partial charge on any atom is -0.494 e. The molecule has 1 amide bonds. The molecule has 0 aliphatic heterocycles. The number of aromatic nitrogens is 1. The number of esters is 1. The SMILES string of the molecule is CN=c1sc2cc(C(N)=O)cc(OCCC(OC)OC)c2n1C/C=C/CNc1c(N)cc(C(=O)OC)cc1OC. The fourth-order valence-electron chi connectivity index (χ4n) is 4.01. The third kappa shape index (κ3) is 7.11. The highest BCUT2D eigenvalue weighted by atomic mass is 32.1. The van der Waals surface area contributed by atoms with Crippen LogP contribution in [0.25, 0.3) is 10.2 Å². The molecule has 0 atom stereocenters. The molecule has 0 unspecified atom stereocenters. The van der Waals surface area contributed by atoms with Gasteiger partial charge in [-0.1, -0.05) is 23.5 Å². The van der Waals surface area contributed by atoms with Crippen LogP contribution in [0.3, 0.4) is 0 Å². The van der Waals surface area contributed by atoms with E-state index in [1.54, 1.807) is 39.5 Å². The van der Waals surface area contributed by atoms with Gasteiger partial charge in [-0.05, 0) is 24.3 Å². The van der Waals surface area contributed by atoms with Crippen LogP contribution in [0.5, 0.6) is 11.5 Å². The van der Waals surface area contributed by atoms with E-state index in [9.17, 15) is 9.59 Å². The zero-order valence-electron chi connectivity index (χ0n) is 23.2. The number of fused-ring (bicyclic) bond motifs is 1. The number of primary amides is 1. The van der Waals surface area contributed by atoms with Crippen LogP contribution in [-0.4, -0.2) is 71.4 Å². The highest BCUT2D eigenvalue weighted by molar-refractivity contribution is 7.16. The number of nitrogens with two attached hydrogens (primary N) is 2. The fraction of sp³-hybridized carbons (Fsp3) is 0.370. The highest BCUT2D eigenvalue weighted by Crippen LogP contribution is 2.33. The summed E-state index contributed by atoms with van der Waals surface area (Å²) in [6.45, 7) is 1.22. The average Bonchev–Trinajstić information content (AvgIpc) is 3.32. The molecule has 0 aliphatic rings. The molecule has 0 radical (unpaired) electrons. The number of benzene rings is 2. The number of ether oxygens (including phenoxy) is 5. The molecular formula is C27H35N5O7S. The first-order valence-electron chi connectivity index (χ1n) is 12.3. The van der Waals surface area contributed by atoms with Gasteiger partial charge in [-0.15, -0.1) is 0 Å². The predicted octanol–water partition coefficient (Wildman–Crippen LogP) is 2.77. The standard InChI is InChI=1S/C27H35N5O7S/c1-30-27-32(10-7-6-9-31-23-18(28)12-17(26(34)38-5)14-19(23)35-2)24-20(39-11-8-22(36-3)37-4)13-16(25(29)33)15-21(24)40-27/h6-7,12-15,22,31H,8-11,28H2,1-5H3,(H2,29,33)/b7-6+,30-27?. The van der Waals surface area contributed by atoms with Crippen molar-refractivity contribution in [2.45, 2.75) is 19.3 Å². The lowest BCUT2D eigenvalue weighted by atomic mass is 10.1. The Balaban J connectivity index is 1.83. The number of carbonyl (C=O) groups is 2. The lowest BCUT2D eigenvalue weighted by molar-refractivity contribution is -0.110. The van der Waals surface area contributed by atoms with Gasteiger partial charge in [0.1, 0.15) is 22.7 Å². The molecule has 3 aromatic rings. The van der Waals surface area contributed by atoms with Crippen molar-refractivity contribution in [2.75, 3.05) is 59.7 Å². The number of allylic oxidation sites excluding steroid dienone is 1. The molecule has 3 rings (SSSR count). The summed E-state index contributed by atoms with van der Waals surface area (Å²) in [5.41, 5.74) is 14.1. The molecule has 2 aromatic carbocycles. The number of anilines is 2. The normalized spacial score (nSPS) is 11.9. The van der Waals surface area contributed by atoms with E-state index in [0.29, 0.717) is 60.1 Å². The van der Waals surface area contributed by atoms with Gasteiger partial charge in [-0.3, -0.25) is 9.79 Å². The average molecular weight is 574 g/mol. The van der Waals surface area contributed by atoms with E-state index in [1.807, 2.05) is 16.7 Å². The van der Waals surface area contributed by atoms with Crippen molar-refractivity contribution in [3.63, 3.8) is 0 Å². The topological polar surface area (TPSA) is 162 Å². The van der Waals surface area contributed by atoms with E-state index in [4.69, 9.17) is 35.2 Å². The largest absolute Gasteiger partial charge is 0.494 e. The molecular weight excluding hydrogens is 538 g/mol. The van der Waals surface area contributed by atoms with Gasteiger partial charge < -0.3 is 45.0 Å². The summed E-state index contributed by atoms with van der Waals surface area (Å²) in [6.07, 6.45) is 3.98. The number of methoxy groups -OCH3 is 4. The van der Waals surface area contributed by atoms with E-state index in [1.165, 1.54) is 31.6 Å². The minimum atomic E-state index is -0.548. The van der Waals surface area contributed by atoms with Crippen LogP contribution in [0.4, 0.5) is 11.4 Å². The molecule has 0 bridgehead atoms. The van der Waals surface area contributed by atoms with Gasteiger partial charge in [-0.25, -0.2) is 4.79 Å². The highest BCUT2D eigenvalue weighted by Gasteiger charge is 2.17. The molecule has 0 aliphatic carbocycles. The van der Waals surface area contributed by atoms with Crippen molar-refractivity contribution < 1.29 is 33.3 Å². The summed E-state index contributed by atoms with van der Waals surface area (Å²) in [7, 11) is 7.63. The lowest BCUT2D eigenvalue weighted by Gasteiger charge is -2.15. The van der Waals surface area contributed by atoms with Gasteiger partial charge in [0.25, 0.3) is 0 Å². The molecule has 13 heteroatoms. The third-order valence-electron chi connectivity index (χ3n) is 5.98. The molecule has 40 heavy (non-hydrogen) atoms. The molecule has 0 saturated heterocycles. The summed E-state index contributed by atoms with van der Waals surface area (Å²) in [4.78, 5) is 29.0. The van der Waals surface area contributed by atoms with Crippen LogP contribution in [0.2, 0.25) is 0 Å². The Morgan fingerprint density at radius 3 is 2.42 bits per heavy atom. The second kappa shape index (κ2) is 14.4. The van der Waals surface area contributed by atoms with Gasteiger partial charge in [0.15, 0.2) is 11.1 Å². The first-order valence-corrected chi connectivity index (χ1v) is 13.1. The molecule has 0 fully saturated rings. The van der Waals surface area contributed by atoms with Crippen molar-refractivity contribution in [1.29, 1.82) is 0 Å². The first kappa shape index (κ1) is 30.5. The van der Waals surface area contributed by atoms with Crippen molar-refractivity contribution in [3.05, 3.63) is 52.3 Å². The molecule has 0 spiro atoms. The number of nitrogen functional groups attached to an aromatic ring is 1. The van der Waals surface area contributed by atoms with Crippen molar-refractivity contribution >= 4 is 44.8 Å². The summed E-state index contributed by atoms with van der Waals surface area (Å²) in [5.74, 6) is -0.112. The zero-order valence-corrected chi connectivity index (χ0v) is 24.0. The van der Waals surface area contributed by atoms with Crippen LogP contribution in [0, 0.1) is 0 Å². The third-order valence-corrected chi connectivity index (χ3v) is 7.10. The van der Waals surface area contributed by atoms with E-state index in [0.717, 1.165) is 15.0 Å². The molecule has 216 valence electrons. The maximum Gasteiger partial charge on any atom is 0.338 e. The lowest BCUT2D eigenvalue weighted by Crippen LogP contribution is -2.18. The Hall–Kier alpha value is -4.07. The molecule has 12 nitrogen and oxygen atoms in total. The maximum absolute atomic E-state index is 12.0. The van der Waals surface area contributed by atoms with Crippen molar-refractivity contribution in [1.82, 2.24) is 4.57 Å². The van der Waals surface area contributed by atoms with Crippen molar-refractivity contribution in [3.8, 4) is 11.5 Å². The molecule has 1 heterocycles. The number of nitrogens with zero attached hydrogens (tertiary/aromatic N) is 2. The summed E-state index contributed by atoms with van der Waals surface area (Å²) in [5, 5.41) is 3.22. The van der Waals surface area contributed by atoms with E-state index in [2.05, 4.69) is 10.3 Å². The number of hydrogen-bond acceptors (Lipinski definition) is 11. The van der Waals surface area contributed by atoms with E-state index >= 15 is 0 Å². The predicted molar refractivity (Wildman–Crippen MR) is 154 cm³/mol. The summed E-state index contributed by atoms with van der Waals surface area (Å²) in [6, 6.07) is 6.48. The maximum atomic E-state index is 12.0. The van der Waals surface area contributed by atoms with Crippen LogP contribution in [0.15, 0.2) is 41.4 Å². The second-order valence-electron chi connectivity index (χ2n) is 8.43. The smallest absolute Gasteiger partial charge is 0.338 e. The van der Waals surface area contributed by atoms with Crippen molar-refractivity contribution in [2.24, 2.45) is 10.7 Å². The number of hydrogen-bond donors (Lipinski definition) is 3. The number of amides is 1. The quantitative estimate of drug-likeness (QED) is 0.114. The Bertz CT molecular complexity index is 1440. The number of nitrogens with one attached hydrogen (secondary N) is 1. The van der Waals surface area contributed by atoms with Gasteiger partial charge in [0, 0.05) is 46.3 Å². The molecule has 1 aromatic heterocycles. The number of thiazole rings is 1. The zero-order chi connectivity index (χ0) is 29.2. The van der Waals surface area contributed by atoms with E-state index in [-0.39, 0.29) is 0 Å². The van der Waals surface area contributed by atoms with Gasteiger partial charge in [0.05, 0.1) is 36.8 Å². The summed E-state index contributed by atoms with van der Waals surface area (Å²) < 4.78 is 29.5. The Morgan fingerprint density at radius 2 is 1.80 bits per heavy atom. The Morgan fingerprint density at radius 1 is 1.07 bits per heavy atom. The van der Waals surface area contributed by atoms with Gasteiger partial charge in [0.2, 0.25) is 5.91 Å². The second-order valence-corrected chi connectivity index (χ2v) is 9.44. The Labute approximate surface area is 236 Å². The van der Waals surface area contributed by atoms with Crippen LogP contribution in [-0.2, 0) is 20.8 Å². The van der Waals surface area contributed by atoms with Crippen LogP contribution in [0.1, 0.15) is 27.1 Å². The van der Waals surface area contributed by atoms with Crippen LogP contribution >= 0.6 is 11.3 Å². The van der Waals surface area contributed by atoms with Gasteiger partial charge >= 0.3 is 5.97 Å². The van der Waals surface area contributed by atoms with Crippen LogP contribution < -0.4 is 31.1 Å². The fourth-order valence-corrected chi connectivity index (χ4v) is 5.06. The number of rotatable bonds is 14. The Kier molecular flexibility index (Phi) is 10.9. The summed E-state index contributed by atoms with van der Waals surface area (Å²) >= 11 is 1.43. The van der Waals surface area contributed by atoms with E-state index < -0.39 is 18.2 Å².